The molecule has 0 radical (unpaired) electrons. The molecule has 0 aliphatic heterocycles. The fraction of sp³-hybridized carbons (Fsp3) is 0.467. The van der Waals surface area contributed by atoms with Gasteiger partial charge in [-0.1, -0.05) is 0 Å². The third-order valence-corrected chi connectivity index (χ3v) is 3.27. The number of nitrogens with one attached hydrogen (secondary N) is 1. The lowest BCUT2D eigenvalue weighted by Crippen LogP contribution is -2.13. The molecule has 0 aliphatic rings. The number of rotatable bonds is 7. The van der Waals surface area contributed by atoms with Crippen LogP contribution in [0.25, 0.3) is 0 Å². The highest BCUT2D eigenvalue weighted by Crippen LogP contribution is 2.22. The minimum absolute atomic E-state index is 0.226. The number of hydrogen-bond acceptors (Lipinski definition) is 4. The molecule has 1 N–H and O–H groups in total. The van der Waals surface area contributed by atoms with Crippen molar-refractivity contribution in [2.45, 2.75) is 26.3 Å². The maximum absolute atomic E-state index is 5.06. The molecule has 1 unspecified atom stereocenters. The van der Waals surface area contributed by atoms with Crippen LogP contribution in [0.3, 0.4) is 0 Å². The molecule has 0 spiro atoms. The smallest absolute Gasteiger partial charge is 0.203 e. The van der Waals surface area contributed by atoms with Gasteiger partial charge in [-0.15, -0.1) is 0 Å². The van der Waals surface area contributed by atoms with Crippen molar-refractivity contribution in [2.75, 3.05) is 25.6 Å². The van der Waals surface area contributed by atoms with E-state index in [2.05, 4.69) is 33.0 Å². The number of anilines is 1. The van der Waals surface area contributed by atoms with E-state index in [4.69, 9.17) is 4.74 Å². The fourth-order valence-corrected chi connectivity index (χ4v) is 2.16. The highest BCUT2D eigenvalue weighted by atomic mass is 16.5. The molecule has 0 saturated heterocycles. The Labute approximate surface area is 120 Å². The van der Waals surface area contributed by atoms with Gasteiger partial charge in [0, 0.05) is 38.9 Å². The van der Waals surface area contributed by atoms with E-state index in [0.717, 1.165) is 31.2 Å². The highest BCUT2D eigenvalue weighted by molar-refractivity contribution is 5.32. The van der Waals surface area contributed by atoms with E-state index in [1.807, 2.05) is 31.5 Å². The molecule has 2 rings (SSSR count). The van der Waals surface area contributed by atoms with Gasteiger partial charge in [0.25, 0.3) is 0 Å². The third kappa shape index (κ3) is 3.57. The van der Waals surface area contributed by atoms with Crippen LogP contribution in [0.2, 0.25) is 0 Å². The molecular formula is C15H22N4O. The van der Waals surface area contributed by atoms with Crippen molar-refractivity contribution in [3.8, 4) is 0 Å². The lowest BCUT2D eigenvalue weighted by Gasteiger charge is -2.17. The van der Waals surface area contributed by atoms with Crippen molar-refractivity contribution in [2.24, 2.45) is 0 Å². The van der Waals surface area contributed by atoms with Gasteiger partial charge in [0.05, 0.1) is 11.7 Å². The number of pyridine rings is 1. The second kappa shape index (κ2) is 7.05. The normalized spacial score (nSPS) is 12.3. The van der Waals surface area contributed by atoms with Crippen molar-refractivity contribution >= 4 is 5.95 Å². The minimum atomic E-state index is 0.226. The summed E-state index contributed by atoms with van der Waals surface area (Å²) in [6.07, 6.45) is 6.68. The maximum Gasteiger partial charge on any atom is 0.203 e. The summed E-state index contributed by atoms with van der Waals surface area (Å²) in [6.45, 7) is 5.78. The van der Waals surface area contributed by atoms with Crippen molar-refractivity contribution in [3.05, 3.63) is 42.0 Å². The number of aromatic nitrogens is 3. The van der Waals surface area contributed by atoms with E-state index in [1.165, 1.54) is 5.56 Å². The first-order chi connectivity index (χ1) is 9.72. The zero-order chi connectivity index (χ0) is 14.4. The van der Waals surface area contributed by atoms with Crippen LogP contribution in [0.5, 0.6) is 0 Å². The van der Waals surface area contributed by atoms with Gasteiger partial charge in [0.15, 0.2) is 0 Å². The first-order valence-electron chi connectivity index (χ1n) is 6.90. The second-order valence-corrected chi connectivity index (χ2v) is 4.84. The Hall–Kier alpha value is -1.88. The SMILES string of the molecule is COCCCNc1nc(C)cn1C(C)c1ccncc1. The number of hydrogen-bond donors (Lipinski definition) is 1. The number of nitrogens with zero attached hydrogens (tertiary/aromatic N) is 3. The Kier molecular flexibility index (Phi) is 5.12. The molecular weight excluding hydrogens is 252 g/mol. The molecule has 2 aromatic heterocycles. The van der Waals surface area contributed by atoms with Gasteiger partial charge in [-0.05, 0) is 38.0 Å². The van der Waals surface area contributed by atoms with E-state index in [1.54, 1.807) is 7.11 Å². The zero-order valence-corrected chi connectivity index (χ0v) is 12.3. The van der Waals surface area contributed by atoms with Crippen LogP contribution >= 0.6 is 0 Å². The number of methoxy groups -OCH3 is 1. The second-order valence-electron chi connectivity index (χ2n) is 4.84. The zero-order valence-electron chi connectivity index (χ0n) is 12.3. The average molecular weight is 274 g/mol. The molecule has 0 aromatic carbocycles. The number of aryl methyl sites for hydroxylation is 1. The van der Waals surface area contributed by atoms with Gasteiger partial charge in [0.1, 0.15) is 0 Å². The molecule has 0 fully saturated rings. The molecule has 0 saturated carbocycles. The van der Waals surface area contributed by atoms with Crippen LogP contribution in [0, 0.1) is 6.92 Å². The molecule has 20 heavy (non-hydrogen) atoms. The molecule has 2 heterocycles. The van der Waals surface area contributed by atoms with Gasteiger partial charge in [-0.2, -0.15) is 0 Å². The Balaban J connectivity index is 2.11. The van der Waals surface area contributed by atoms with E-state index < -0.39 is 0 Å². The predicted molar refractivity (Wildman–Crippen MR) is 80.0 cm³/mol. The topological polar surface area (TPSA) is 52.0 Å². The Morgan fingerprint density at radius 1 is 1.35 bits per heavy atom. The third-order valence-electron chi connectivity index (χ3n) is 3.27. The molecule has 0 bridgehead atoms. The summed E-state index contributed by atoms with van der Waals surface area (Å²) in [5, 5.41) is 3.38. The fourth-order valence-electron chi connectivity index (χ4n) is 2.16. The summed E-state index contributed by atoms with van der Waals surface area (Å²) in [7, 11) is 1.72. The standard InChI is InChI=1S/C15H22N4O/c1-12-11-19(13(2)14-5-8-16-9-6-14)15(18-12)17-7-4-10-20-3/h5-6,8-9,11,13H,4,7,10H2,1-3H3,(H,17,18). The first-order valence-corrected chi connectivity index (χ1v) is 6.90. The van der Waals surface area contributed by atoms with E-state index in [9.17, 15) is 0 Å². The van der Waals surface area contributed by atoms with Crippen LogP contribution in [0.4, 0.5) is 5.95 Å². The van der Waals surface area contributed by atoms with Crippen molar-refractivity contribution in [3.63, 3.8) is 0 Å². The largest absolute Gasteiger partial charge is 0.385 e. The van der Waals surface area contributed by atoms with Crippen molar-refractivity contribution < 1.29 is 4.74 Å². The van der Waals surface area contributed by atoms with Gasteiger partial charge in [-0.25, -0.2) is 4.98 Å². The summed E-state index contributed by atoms with van der Waals surface area (Å²) in [6, 6.07) is 4.30. The van der Waals surface area contributed by atoms with Crippen LogP contribution in [-0.2, 0) is 4.74 Å². The van der Waals surface area contributed by atoms with Crippen LogP contribution in [0.15, 0.2) is 30.7 Å². The van der Waals surface area contributed by atoms with E-state index >= 15 is 0 Å². The van der Waals surface area contributed by atoms with Gasteiger partial charge in [-0.3, -0.25) is 4.98 Å². The molecule has 0 amide bonds. The lowest BCUT2D eigenvalue weighted by molar-refractivity contribution is 0.197. The summed E-state index contributed by atoms with van der Waals surface area (Å²) in [5.74, 6) is 0.905. The highest BCUT2D eigenvalue weighted by Gasteiger charge is 2.13. The average Bonchev–Trinajstić information content (AvgIpc) is 2.85. The molecule has 108 valence electrons. The summed E-state index contributed by atoms with van der Waals surface area (Å²) >= 11 is 0. The van der Waals surface area contributed by atoms with Gasteiger partial charge >= 0.3 is 0 Å². The van der Waals surface area contributed by atoms with E-state index in [-0.39, 0.29) is 6.04 Å². The summed E-state index contributed by atoms with van der Waals surface area (Å²) in [4.78, 5) is 8.62. The molecule has 5 heteroatoms. The summed E-state index contributed by atoms with van der Waals surface area (Å²) < 4.78 is 7.22. The lowest BCUT2D eigenvalue weighted by atomic mass is 10.1. The maximum atomic E-state index is 5.06. The van der Waals surface area contributed by atoms with Crippen LogP contribution < -0.4 is 5.32 Å². The minimum Gasteiger partial charge on any atom is -0.385 e. The van der Waals surface area contributed by atoms with Crippen LogP contribution in [-0.4, -0.2) is 34.8 Å². The number of imidazole rings is 1. The quantitative estimate of drug-likeness (QED) is 0.789. The Bertz CT molecular complexity index is 524. The van der Waals surface area contributed by atoms with Gasteiger partial charge in [0.2, 0.25) is 5.95 Å². The Morgan fingerprint density at radius 2 is 2.10 bits per heavy atom. The molecule has 2 aromatic rings. The summed E-state index contributed by atoms with van der Waals surface area (Å²) in [5.41, 5.74) is 2.23. The van der Waals surface area contributed by atoms with Gasteiger partial charge < -0.3 is 14.6 Å². The predicted octanol–water partition coefficient (Wildman–Crippen LogP) is 2.64. The molecule has 0 aliphatic carbocycles. The Morgan fingerprint density at radius 3 is 2.80 bits per heavy atom. The van der Waals surface area contributed by atoms with E-state index in [0.29, 0.717) is 0 Å². The first kappa shape index (κ1) is 14.5. The van der Waals surface area contributed by atoms with Crippen molar-refractivity contribution in [1.29, 1.82) is 0 Å². The monoisotopic (exact) mass is 274 g/mol. The van der Waals surface area contributed by atoms with Crippen LogP contribution in [0.1, 0.15) is 30.6 Å². The molecule has 1 atom stereocenters. The molecule has 5 nitrogen and oxygen atoms in total. The number of ether oxygens (including phenoxy) is 1. The van der Waals surface area contributed by atoms with Crippen molar-refractivity contribution in [1.82, 2.24) is 14.5 Å².